The molecule has 0 radical (unpaired) electrons. The van der Waals surface area contributed by atoms with Crippen LogP contribution in [0.1, 0.15) is 65.7 Å². The van der Waals surface area contributed by atoms with Crippen LogP contribution in [0.15, 0.2) is 0 Å². The minimum atomic E-state index is 0.464. The molecule has 2 aliphatic rings. The Morgan fingerprint density at radius 2 is 1.94 bits per heavy atom. The Morgan fingerprint density at radius 1 is 1.12 bits per heavy atom. The van der Waals surface area contributed by atoms with Crippen molar-refractivity contribution in [2.45, 2.75) is 83.9 Å². The molecule has 0 aromatic rings. The molecule has 2 heteroatoms. The predicted molar refractivity (Wildman–Crippen MR) is 72.2 cm³/mol. The first kappa shape index (κ1) is 13.4. The van der Waals surface area contributed by atoms with Gasteiger partial charge in [0.25, 0.3) is 0 Å². The average molecular weight is 239 g/mol. The van der Waals surface area contributed by atoms with E-state index in [0.29, 0.717) is 17.6 Å². The topological polar surface area (TPSA) is 21.3 Å². The van der Waals surface area contributed by atoms with Gasteiger partial charge in [-0.25, -0.2) is 0 Å². The number of rotatable bonds is 3. The van der Waals surface area contributed by atoms with E-state index in [1.165, 1.54) is 44.9 Å². The normalized spacial score (nSPS) is 35.5. The third-order valence-corrected chi connectivity index (χ3v) is 4.60. The molecule has 3 atom stereocenters. The van der Waals surface area contributed by atoms with E-state index < -0.39 is 0 Å². The third kappa shape index (κ3) is 3.96. The summed E-state index contributed by atoms with van der Waals surface area (Å²) in [5.41, 5.74) is 0.559. The first-order chi connectivity index (χ1) is 8.07. The summed E-state index contributed by atoms with van der Waals surface area (Å²) in [5.74, 6) is 0. The van der Waals surface area contributed by atoms with Crippen molar-refractivity contribution in [3.63, 3.8) is 0 Å². The molecule has 1 saturated carbocycles. The lowest BCUT2D eigenvalue weighted by atomic mass is 9.85. The molecule has 0 aromatic carbocycles. The molecule has 0 amide bonds. The summed E-state index contributed by atoms with van der Waals surface area (Å²) in [6.07, 6.45) is 9.77. The van der Waals surface area contributed by atoms with Gasteiger partial charge in [-0.1, -0.05) is 20.3 Å². The van der Waals surface area contributed by atoms with Gasteiger partial charge >= 0.3 is 0 Å². The van der Waals surface area contributed by atoms with Crippen LogP contribution in [-0.4, -0.2) is 24.8 Å². The maximum absolute atomic E-state index is 5.77. The molecule has 0 aromatic heterocycles. The highest BCUT2D eigenvalue weighted by atomic mass is 16.5. The van der Waals surface area contributed by atoms with Crippen molar-refractivity contribution >= 4 is 0 Å². The van der Waals surface area contributed by atoms with E-state index in [9.17, 15) is 0 Å². The van der Waals surface area contributed by atoms with Crippen molar-refractivity contribution in [3.05, 3.63) is 0 Å². The third-order valence-electron chi connectivity index (χ3n) is 4.60. The lowest BCUT2D eigenvalue weighted by molar-refractivity contribution is 0.0787. The van der Waals surface area contributed by atoms with Crippen LogP contribution in [0.4, 0.5) is 0 Å². The Kier molecular flexibility index (Phi) is 4.48. The van der Waals surface area contributed by atoms with Crippen LogP contribution >= 0.6 is 0 Å². The van der Waals surface area contributed by atoms with E-state index in [0.717, 1.165) is 12.6 Å². The van der Waals surface area contributed by atoms with Crippen molar-refractivity contribution in [2.75, 3.05) is 6.61 Å². The molecular weight excluding hydrogens is 210 g/mol. The van der Waals surface area contributed by atoms with Crippen LogP contribution in [0.2, 0.25) is 0 Å². The molecule has 2 rings (SSSR count). The van der Waals surface area contributed by atoms with Crippen LogP contribution in [-0.2, 0) is 4.74 Å². The van der Waals surface area contributed by atoms with Crippen LogP contribution < -0.4 is 5.32 Å². The van der Waals surface area contributed by atoms with Crippen molar-refractivity contribution < 1.29 is 4.74 Å². The molecule has 2 fully saturated rings. The fraction of sp³-hybridized carbons (Fsp3) is 1.00. The lowest BCUT2D eigenvalue weighted by Gasteiger charge is -2.26. The van der Waals surface area contributed by atoms with Gasteiger partial charge in [0.05, 0.1) is 6.10 Å². The molecule has 1 N–H and O–H groups in total. The number of ether oxygens (including phenoxy) is 1. The van der Waals surface area contributed by atoms with E-state index in [2.05, 4.69) is 26.1 Å². The molecule has 1 aliphatic heterocycles. The zero-order valence-corrected chi connectivity index (χ0v) is 11.8. The molecule has 2 nitrogen and oxygen atoms in total. The van der Waals surface area contributed by atoms with E-state index in [-0.39, 0.29) is 0 Å². The van der Waals surface area contributed by atoms with E-state index >= 15 is 0 Å². The summed E-state index contributed by atoms with van der Waals surface area (Å²) in [5, 5.41) is 3.81. The van der Waals surface area contributed by atoms with E-state index in [1.807, 2.05) is 0 Å². The van der Waals surface area contributed by atoms with Crippen molar-refractivity contribution in [1.29, 1.82) is 0 Å². The van der Waals surface area contributed by atoms with Crippen molar-refractivity contribution in [2.24, 2.45) is 5.41 Å². The Hall–Kier alpha value is -0.0800. The monoisotopic (exact) mass is 239 g/mol. The van der Waals surface area contributed by atoms with Gasteiger partial charge in [-0.3, -0.25) is 0 Å². The number of hydrogen-bond donors (Lipinski definition) is 1. The second-order valence-electron chi connectivity index (χ2n) is 6.80. The quantitative estimate of drug-likeness (QED) is 0.761. The van der Waals surface area contributed by atoms with Gasteiger partial charge < -0.3 is 10.1 Å². The highest BCUT2D eigenvalue weighted by Crippen LogP contribution is 2.34. The lowest BCUT2D eigenvalue weighted by Crippen LogP contribution is -2.43. The average Bonchev–Trinajstić information content (AvgIpc) is 2.73. The minimum Gasteiger partial charge on any atom is -0.377 e. The molecule has 3 unspecified atom stereocenters. The Labute approximate surface area is 107 Å². The maximum atomic E-state index is 5.77. The van der Waals surface area contributed by atoms with Crippen LogP contribution in [0.5, 0.6) is 0 Å². The van der Waals surface area contributed by atoms with Crippen molar-refractivity contribution in [3.8, 4) is 0 Å². The van der Waals surface area contributed by atoms with Crippen LogP contribution in [0, 0.1) is 5.41 Å². The summed E-state index contributed by atoms with van der Waals surface area (Å²) in [6, 6.07) is 1.25. The molecule has 1 aliphatic carbocycles. The zero-order valence-electron chi connectivity index (χ0n) is 11.8. The highest BCUT2D eigenvalue weighted by Gasteiger charge is 2.28. The Morgan fingerprint density at radius 3 is 2.65 bits per heavy atom. The van der Waals surface area contributed by atoms with Gasteiger partial charge in [-0.2, -0.15) is 0 Å². The number of nitrogens with one attached hydrogen (secondary N) is 1. The fourth-order valence-electron chi connectivity index (χ4n) is 3.30. The smallest absolute Gasteiger partial charge is 0.0726 e. The highest BCUT2D eigenvalue weighted by molar-refractivity contribution is 4.84. The van der Waals surface area contributed by atoms with Gasteiger partial charge in [0.2, 0.25) is 0 Å². The van der Waals surface area contributed by atoms with Gasteiger partial charge in [-0.05, 0) is 50.9 Å². The second-order valence-corrected chi connectivity index (χ2v) is 6.80. The van der Waals surface area contributed by atoms with Gasteiger partial charge in [-0.15, -0.1) is 0 Å². The van der Waals surface area contributed by atoms with E-state index in [1.54, 1.807) is 0 Å². The Bertz CT molecular complexity index is 233. The summed E-state index contributed by atoms with van der Waals surface area (Å²) >= 11 is 0. The van der Waals surface area contributed by atoms with Gasteiger partial charge in [0.1, 0.15) is 0 Å². The molecule has 1 heterocycles. The second kappa shape index (κ2) is 5.71. The molecule has 100 valence electrons. The summed E-state index contributed by atoms with van der Waals surface area (Å²) in [6.45, 7) is 8.10. The SMILES string of the molecule is CC(NC1CCCC(C)(C)CC1)C1CCCO1. The summed E-state index contributed by atoms with van der Waals surface area (Å²) in [7, 11) is 0. The fourth-order valence-corrected chi connectivity index (χ4v) is 3.30. The molecule has 17 heavy (non-hydrogen) atoms. The Balaban J connectivity index is 1.78. The maximum Gasteiger partial charge on any atom is 0.0726 e. The largest absolute Gasteiger partial charge is 0.377 e. The molecule has 1 saturated heterocycles. The summed E-state index contributed by atoms with van der Waals surface area (Å²) in [4.78, 5) is 0. The molecular formula is C15H29NO. The molecule has 0 bridgehead atoms. The zero-order chi connectivity index (χ0) is 12.3. The predicted octanol–water partition coefficient (Wildman–Crippen LogP) is 3.50. The first-order valence-electron chi connectivity index (χ1n) is 7.44. The minimum absolute atomic E-state index is 0.464. The summed E-state index contributed by atoms with van der Waals surface area (Å²) < 4.78 is 5.77. The first-order valence-corrected chi connectivity index (χ1v) is 7.44. The standard InChI is InChI=1S/C15H29NO/c1-12(14-7-5-11-17-14)16-13-6-4-9-15(2,3)10-8-13/h12-14,16H,4-11H2,1-3H3. The van der Waals surface area contributed by atoms with Gasteiger partial charge in [0, 0.05) is 18.7 Å². The van der Waals surface area contributed by atoms with Crippen LogP contribution in [0.3, 0.4) is 0 Å². The van der Waals surface area contributed by atoms with E-state index in [4.69, 9.17) is 4.74 Å². The number of hydrogen-bond acceptors (Lipinski definition) is 2. The van der Waals surface area contributed by atoms with Gasteiger partial charge in [0.15, 0.2) is 0 Å². The van der Waals surface area contributed by atoms with Crippen molar-refractivity contribution in [1.82, 2.24) is 5.32 Å². The van der Waals surface area contributed by atoms with Crippen LogP contribution in [0.25, 0.3) is 0 Å². The molecule has 0 spiro atoms.